The number of aromatic amines is 1. The van der Waals surface area contributed by atoms with Crippen molar-refractivity contribution in [3.05, 3.63) is 100 Å². The molecule has 5 rings (SSSR count). The second-order valence-electron chi connectivity index (χ2n) is 7.76. The Hall–Kier alpha value is -3.24. The second kappa shape index (κ2) is 7.54. The number of aromatic nitrogens is 1. The van der Waals surface area contributed by atoms with Crippen LogP contribution in [0.3, 0.4) is 0 Å². The number of carbonyl (C=O) groups is 1. The van der Waals surface area contributed by atoms with E-state index in [1.807, 2.05) is 53.4 Å². The number of rotatable bonds is 2. The van der Waals surface area contributed by atoms with Crippen molar-refractivity contribution in [3.63, 3.8) is 0 Å². The molecule has 4 aromatic rings. The number of anilines is 1. The maximum atomic E-state index is 13.3. The summed E-state index contributed by atoms with van der Waals surface area (Å²) in [5.41, 5.74) is 6.42. The van der Waals surface area contributed by atoms with Crippen LogP contribution in [0.15, 0.2) is 72.8 Å². The van der Waals surface area contributed by atoms with E-state index in [1.165, 1.54) is 11.1 Å². The van der Waals surface area contributed by atoms with Crippen LogP contribution in [0.5, 0.6) is 0 Å². The Morgan fingerprint density at radius 2 is 1.83 bits per heavy atom. The van der Waals surface area contributed by atoms with E-state index in [-0.39, 0.29) is 12.1 Å². The summed E-state index contributed by atoms with van der Waals surface area (Å²) in [5.74, 6) is 0. The standard InChI is InChI=1S/C25H22ClN3O/c1-16-7-9-17(10-8-16)24-23-20(21-15-18(26)11-12-22(21)28-23)13-14-29(24)25(30)27-19-5-3-2-4-6-19/h2-12,15,24,28H,13-14H2,1H3,(H,27,30)/t24-/m1/s1. The Balaban J connectivity index is 1.60. The van der Waals surface area contributed by atoms with Crippen LogP contribution >= 0.6 is 11.6 Å². The fourth-order valence-electron chi connectivity index (χ4n) is 4.29. The molecule has 1 atom stereocenters. The van der Waals surface area contributed by atoms with Gasteiger partial charge in [-0.2, -0.15) is 0 Å². The molecule has 3 aromatic carbocycles. The Morgan fingerprint density at radius 1 is 1.07 bits per heavy atom. The number of halogens is 1. The van der Waals surface area contributed by atoms with E-state index in [2.05, 4.69) is 41.5 Å². The number of hydrogen-bond acceptors (Lipinski definition) is 1. The summed E-state index contributed by atoms with van der Waals surface area (Å²) in [5, 5.41) is 4.91. The van der Waals surface area contributed by atoms with Crippen LogP contribution in [-0.4, -0.2) is 22.5 Å². The van der Waals surface area contributed by atoms with Crippen LogP contribution in [0, 0.1) is 6.92 Å². The third-order valence-electron chi connectivity index (χ3n) is 5.77. The number of aryl methyl sites for hydroxylation is 1. The van der Waals surface area contributed by atoms with Gasteiger partial charge in [-0.3, -0.25) is 0 Å². The van der Waals surface area contributed by atoms with Gasteiger partial charge in [0, 0.05) is 33.9 Å². The van der Waals surface area contributed by atoms with Gasteiger partial charge >= 0.3 is 6.03 Å². The molecular formula is C25H22ClN3O. The van der Waals surface area contributed by atoms with Gasteiger partial charge in [0.25, 0.3) is 0 Å². The van der Waals surface area contributed by atoms with Crippen LogP contribution in [0.1, 0.15) is 28.4 Å². The number of amides is 2. The van der Waals surface area contributed by atoms with Crippen molar-refractivity contribution in [1.82, 2.24) is 9.88 Å². The number of para-hydroxylation sites is 1. The molecular weight excluding hydrogens is 394 g/mol. The Labute approximate surface area is 180 Å². The Bertz CT molecular complexity index is 1210. The van der Waals surface area contributed by atoms with E-state index in [1.54, 1.807) is 0 Å². The lowest BCUT2D eigenvalue weighted by Gasteiger charge is -2.36. The number of nitrogens with zero attached hydrogens (tertiary/aromatic N) is 1. The topological polar surface area (TPSA) is 48.1 Å². The number of carbonyl (C=O) groups excluding carboxylic acids is 1. The summed E-state index contributed by atoms with van der Waals surface area (Å²) in [7, 11) is 0. The van der Waals surface area contributed by atoms with Gasteiger partial charge in [-0.05, 0) is 54.8 Å². The highest BCUT2D eigenvalue weighted by Gasteiger charge is 2.34. The fraction of sp³-hybridized carbons (Fsp3) is 0.160. The number of nitrogens with one attached hydrogen (secondary N) is 2. The minimum Gasteiger partial charge on any atom is -0.356 e. The third kappa shape index (κ3) is 3.33. The zero-order valence-electron chi connectivity index (χ0n) is 16.7. The van der Waals surface area contributed by atoms with E-state index in [0.29, 0.717) is 6.54 Å². The molecule has 2 N–H and O–H groups in total. The number of hydrogen-bond donors (Lipinski definition) is 2. The van der Waals surface area contributed by atoms with Crippen LogP contribution in [0.4, 0.5) is 10.5 Å². The summed E-state index contributed by atoms with van der Waals surface area (Å²) in [4.78, 5) is 18.8. The predicted octanol–water partition coefficient (Wildman–Crippen LogP) is 6.31. The van der Waals surface area contributed by atoms with Gasteiger partial charge in [0.2, 0.25) is 0 Å². The van der Waals surface area contributed by atoms with Gasteiger partial charge in [0.15, 0.2) is 0 Å². The molecule has 1 aromatic heterocycles. The van der Waals surface area contributed by atoms with Gasteiger partial charge in [-0.25, -0.2) is 4.79 Å². The van der Waals surface area contributed by atoms with Crippen molar-refractivity contribution in [1.29, 1.82) is 0 Å². The first-order chi connectivity index (χ1) is 14.6. The van der Waals surface area contributed by atoms with Gasteiger partial charge < -0.3 is 15.2 Å². The summed E-state index contributed by atoms with van der Waals surface area (Å²) < 4.78 is 0. The van der Waals surface area contributed by atoms with Gasteiger partial charge in [-0.1, -0.05) is 59.6 Å². The van der Waals surface area contributed by atoms with Gasteiger partial charge in [0.05, 0.1) is 6.04 Å². The molecule has 0 radical (unpaired) electrons. The monoisotopic (exact) mass is 415 g/mol. The van der Waals surface area contributed by atoms with E-state index in [9.17, 15) is 4.79 Å². The molecule has 0 bridgehead atoms. The van der Waals surface area contributed by atoms with Crippen LogP contribution in [-0.2, 0) is 6.42 Å². The minimum atomic E-state index is -0.191. The molecule has 0 unspecified atom stereocenters. The van der Waals surface area contributed by atoms with Crippen LogP contribution < -0.4 is 5.32 Å². The highest BCUT2D eigenvalue weighted by molar-refractivity contribution is 6.31. The van der Waals surface area contributed by atoms with Gasteiger partial charge in [-0.15, -0.1) is 0 Å². The number of H-pyrrole nitrogens is 1. The zero-order chi connectivity index (χ0) is 20.7. The minimum absolute atomic E-state index is 0.103. The smallest absolute Gasteiger partial charge is 0.322 e. The molecule has 0 spiro atoms. The van der Waals surface area contributed by atoms with Crippen molar-refractivity contribution in [2.24, 2.45) is 0 Å². The summed E-state index contributed by atoms with van der Waals surface area (Å²) >= 11 is 6.27. The highest BCUT2D eigenvalue weighted by Crippen LogP contribution is 2.39. The van der Waals surface area contributed by atoms with E-state index < -0.39 is 0 Å². The predicted molar refractivity (Wildman–Crippen MR) is 122 cm³/mol. The van der Waals surface area contributed by atoms with E-state index >= 15 is 0 Å². The average molecular weight is 416 g/mol. The molecule has 0 fully saturated rings. The molecule has 5 heteroatoms. The summed E-state index contributed by atoms with van der Waals surface area (Å²) in [6.07, 6.45) is 0.778. The molecule has 0 aliphatic carbocycles. The molecule has 4 nitrogen and oxygen atoms in total. The molecule has 0 saturated heterocycles. The average Bonchev–Trinajstić information content (AvgIpc) is 3.12. The van der Waals surface area contributed by atoms with Crippen molar-refractivity contribution in [2.45, 2.75) is 19.4 Å². The lowest BCUT2D eigenvalue weighted by molar-refractivity contribution is 0.193. The van der Waals surface area contributed by atoms with Crippen molar-refractivity contribution >= 4 is 34.2 Å². The SMILES string of the molecule is Cc1ccc([C@@H]2c3[nH]c4ccc(Cl)cc4c3CCN2C(=O)Nc2ccccc2)cc1. The molecule has 150 valence electrons. The normalized spacial score (nSPS) is 15.8. The first kappa shape index (κ1) is 18.8. The summed E-state index contributed by atoms with van der Waals surface area (Å²) in [6, 6.07) is 23.6. The lowest BCUT2D eigenvalue weighted by Crippen LogP contribution is -2.43. The maximum absolute atomic E-state index is 13.3. The molecule has 2 amide bonds. The lowest BCUT2D eigenvalue weighted by atomic mass is 9.92. The van der Waals surface area contributed by atoms with Crippen molar-refractivity contribution in [2.75, 3.05) is 11.9 Å². The van der Waals surface area contributed by atoms with Crippen LogP contribution in [0.2, 0.25) is 5.02 Å². The quantitative estimate of drug-likeness (QED) is 0.396. The van der Waals surface area contributed by atoms with Crippen molar-refractivity contribution < 1.29 is 4.79 Å². The molecule has 2 heterocycles. The first-order valence-corrected chi connectivity index (χ1v) is 10.5. The Kier molecular flexibility index (Phi) is 4.72. The molecule has 30 heavy (non-hydrogen) atoms. The summed E-state index contributed by atoms with van der Waals surface area (Å²) in [6.45, 7) is 2.70. The molecule has 1 aliphatic rings. The Morgan fingerprint density at radius 3 is 2.60 bits per heavy atom. The van der Waals surface area contributed by atoms with Crippen LogP contribution in [0.25, 0.3) is 10.9 Å². The second-order valence-corrected chi connectivity index (χ2v) is 8.20. The fourth-order valence-corrected chi connectivity index (χ4v) is 4.46. The first-order valence-electron chi connectivity index (χ1n) is 10.1. The number of fused-ring (bicyclic) bond motifs is 3. The third-order valence-corrected chi connectivity index (χ3v) is 6.00. The number of urea groups is 1. The number of benzene rings is 3. The van der Waals surface area contributed by atoms with E-state index in [4.69, 9.17) is 11.6 Å². The highest BCUT2D eigenvalue weighted by atomic mass is 35.5. The molecule has 0 saturated carbocycles. The largest absolute Gasteiger partial charge is 0.356 e. The van der Waals surface area contributed by atoms with Gasteiger partial charge in [0.1, 0.15) is 0 Å². The van der Waals surface area contributed by atoms with Crippen molar-refractivity contribution in [3.8, 4) is 0 Å². The zero-order valence-corrected chi connectivity index (χ0v) is 17.4. The van der Waals surface area contributed by atoms with E-state index in [0.717, 1.165) is 39.3 Å². The molecule has 1 aliphatic heterocycles. The maximum Gasteiger partial charge on any atom is 0.322 e.